The number of aryl methyl sites for hydroxylation is 1. The number of carbonyl (C=O) groups is 1. The summed E-state index contributed by atoms with van der Waals surface area (Å²) in [6, 6.07) is 3.03. The molecule has 94 valence electrons. The molecule has 18 heavy (non-hydrogen) atoms. The first kappa shape index (κ1) is 12.3. The van der Waals surface area contributed by atoms with Crippen molar-refractivity contribution in [1.29, 1.82) is 0 Å². The second kappa shape index (κ2) is 5.01. The van der Waals surface area contributed by atoms with Gasteiger partial charge in [0, 0.05) is 0 Å². The van der Waals surface area contributed by atoms with Gasteiger partial charge in [-0.2, -0.15) is 4.98 Å². The van der Waals surface area contributed by atoms with E-state index in [9.17, 15) is 4.79 Å². The summed E-state index contributed by atoms with van der Waals surface area (Å²) in [7, 11) is 0. The van der Waals surface area contributed by atoms with E-state index in [2.05, 4.69) is 20.4 Å². The standard InChI is InChI=1S/C10H9ClN4O3/c1-5-13-8(18-15-5)4-12-7-3-2-6(11)9(14-7)10(16)17/h2-3H,4H2,1H3,(H,12,14)(H,16,17). The molecular weight excluding hydrogens is 260 g/mol. The number of hydrogen-bond donors (Lipinski definition) is 2. The normalized spacial score (nSPS) is 10.3. The maximum Gasteiger partial charge on any atom is 0.356 e. The maximum absolute atomic E-state index is 10.8. The Morgan fingerprint density at radius 2 is 2.28 bits per heavy atom. The molecule has 0 saturated heterocycles. The van der Waals surface area contributed by atoms with Crippen LogP contribution in [0.15, 0.2) is 16.7 Å². The molecule has 2 N–H and O–H groups in total. The Hall–Kier alpha value is -2.15. The van der Waals surface area contributed by atoms with Gasteiger partial charge in [0.05, 0.1) is 11.6 Å². The summed E-state index contributed by atoms with van der Waals surface area (Å²) >= 11 is 5.70. The number of halogens is 1. The highest BCUT2D eigenvalue weighted by molar-refractivity contribution is 6.33. The molecule has 2 aromatic heterocycles. The van der Waals surface area contributed by atoms with Gasteiger partial charge in [-0.3, -0.25) is 0 Å². The number of aromatic carboxylic acids is 1. The Kier molecular flexibility index (Phi) is 3.42. The molecule has 0 aliphatic heterocycles. The summed E-state index contributed by atoms with van der Waals surface area (Å²) in [5, 5.41) is 15.4. The highest BCUT2D eigenvalue weighted by Crippen LogP contribution is 2.17. The van der Waals surface area contributed by atoms with Crippen LogP contribution < -0.4 is 5.32 Å². The van der Waals surface area contributed by atoms with Crippen molar-refractivity contribution >= 4 is 23.4 Å². The first-order chi connectivity index (χ1) is 8.56. The summed E-state index contributed by atoms with van der Waals surface area (Å²) in [6.07, 6.45) is 0. The predicted molar refractivity (Wildman–Crippen MR) is 62.6 cm³/mol. The number of hydrogen-bond acceptors (Lipinski definition) is 6. The van der Waals surface area contributed by atoms with E-state index in [-0.39, 0.29) is 17.3 Å². The molecule has 0 unspecified atom stereocenters. The molecule has 0 fully saturated rings. The zero-order valence-corrected chi connectivity index (χ0v) is 10.1. The van der Waals surface area contributed by atoms with E-state index < -0.39 is 5.97 Å². The van der Waals surface area contributed by atoms with Crippen LogP contribution >= 0.6 is 11.6 Å². The minimum absolute atomic E-state index is 0.0849. The van der Waals surface area contributed by atoms with Gasteiger partial charge in [-0.25, -0.2) is 9.78 Å². The zero-order chi connectivity index (χ0) is 13.1. The largest absolute Gasteiger partial charge is 0.476 e. The van der Waals surface area contributed by atoms with Crippen LogP contribution in [0.4, 0.5) is 5.82 Å². The molecule has 0 amide bonds. The lowest BCUT2D eigenvalue weighted by Crippen LogP contribution is -2.06. The molecule has 0 saturated carbocycles. The van der Waals surface area contributed by atoms with Crippen molar-refractivity contribution in [3.05, 3.63) is 34.6 Å². The van der Waals surface area contributed by atoms with Crippen LogP contribution in [0.25, 0.3) is 0 Å². The number of nitrogens with one attached hydrogen (secondary N) is 1. The van der Waals surface area contributed by atoms with E-state index in [4.69, 9.17) is 21.2 Å². The predicted octanol–water partition coefficient (Wildman–Crippen LogP) is 1.74. The van der Waals surface area contributed by atoms with Crippen LogP contribution in [-0.2, 0) is 6.54 Å². The van der Waals surface area contributed by atoms with Gasteiger partial charge in [0.15, 0.2) is 11.5 Å². The van der Waals surface area contributed by atoms with Gasteiger partial charge in [0.25, 0.3) is 0 Å². The molecule has 2 aromatic rings. The fourth-order valence-electron chi connectivity index (χ4n) is 1.27. The SMILES string of the molecule is Cc1noc(CNc2ccc(Cl)c(C(=O)O)n2)n1. The van der Waals surface area contributed by atoms with Crippen LogP contribution in [-0.4, -0.2) is 26.2 Å². The van der Waals surface area contributed by atoms with E-state index in [0.29, 0.717) is 17.5 Å². The van der Waals surface area contributed by atoms with E-state index in [1.807, 2.05) is 0 Å². The second-order valence-corrected chi connectivity index (χ2v) is 3.83. The molecule has 0 bridgehead atoms. The van der Waals surface area contributed by atoms with Crippen molar-refractivity contribution in [2.75, 3.05) is 5.32 Å². The number of pyridine rings is 1. The number of anilines is 1. The number of aromatic nitrogens is 3. The Morgan fingerprint density at radius 1 is 1.50 bits per heavy atom. The number of nitrogens with zero attached hydrogens (tertiary/aromatic N) is 3. The number of carboxylic acids is 1. The molecule has 0 aliphatic rings. The highest BCUT2D eigenvalue weighted by Gasteiger charge is 2.11. The lowest BCUT2D eigenvalue weighted by molar-refractivity contribution is 0.0691. The van der Waals surface area contributed by atoms with E-state index in [0.717, 1.165) is 0 Å². The van der Waals surface area contributed by atoms with Gasteiger partial charge in [0.2, 0.25) is 5.89 Å². The highest BCUT2D eigenvalue weighted by atomic mass is 35.5. The quantitative estimate of drug-likeness (QED) is 0.871. The molecule has 7 nitrogen and oxygen atoms in total. The van der Waals surface area contributed by atoms with Crippen LogP contribution in [0, 0.1) is 6.92 Å². The van der Waals surface area contributed by atoms with Gasteiger partial charge < -0.3 is 14.9 Å². The molecule has 0 radical (unpaired) electrons. The van der Waals surface area contributed by atoms with Gasteiger partial charge in [0.1, 0.15) is 5.82 Å². The summed E-state index contributed by atoms with van der Waals surface area (Å²) in [6.45, 7) is 1.96. The Morgan fingerprint density at radius 3 is 2.89 bits per heavy atom. The monoisotopic (exact) mass is 268 g/mol. The second-order valence-electron chi connectivity index (χ2n) is 3.42. The summed E-state index contributed by atoms with van der Waals surface area (Å²) < 4.78 is 4.89. The van der Waals surface area contributed by atoms with Gasteiger partial charge in [-0.15, -0.1) is 0 Å². The van der Waals surface area contributed by atoms with E-state index in [1.165, 1.54) is 6.07 Å². The van der Waals surface area contributed by atoms with Crippen molar-refractivity contribution in [3.63, 3.8) is 0 Å². The summed E-state index contributed by atoms with van der Waals surface area (Å²) in [5.74, 6) is 0.105. The number of carboxylic acid groups (broad SMARTS) is 1. The van der Waals surface area contributed by atoms with Crippen LogP contribution in [0.3, 0.4) is 0 Å². The first-order valence-electron chi connectivity index (χ1n) is 4.99. The Labute approximate surface area is 107 Å². The Balaban J connectivity index is 2.10. The summed E-state index contributed by atoms with van der Waals surface area (Å²) in [5.41, 5.74) is -0.205. The van der Waals surface area contributed by atoms with Crippen molar-refractivity contribution < 1.29 is 14.4 Å². The first-order valence-corrected chi connectivity index (χ1v) is 5.37. The van der Waals surface area contributed by atoms with Crippen molar-refractivity contribution in [2.45, 2.75) is 13.5 Å². The molecular formula is C10H9ClN4O3. The minimum Gasteiger partial charge on any atom is -0.476 e. The summed E-state index contributed by atoms with van der Waals surface area (Å²) in [4.78, 5) is 18.7. The smallest absolute Gasteiger partial charge is 0.356 e. The van der Waals surface area contributed by atoms with Crippen molar-refractivity contribution in [1.82, 2.24) is 15.1 Å². The van der Waals surface area contributed by atoms with Crippen LogP contribution in [0.2, 0.25) is 5.02 Å². The minimum atomic E-state index is -1.18. The number of rotatable bonds is 4. The average molecular weight is 269 g/mol. The molecule has 0 aromatic carbocycles. The lowest BCUT2D eigenvalue weighted by atomic mass is 10.3. The van der Waals surface area contributed by atoms with Crippen LogP contribution in [0.5, 0.6) is 0 Å². The van der Waals surface area contributed by atoms with Crippen LogP contribution in [0.1, 0.15) is 22.2 Å². The third kappa shape index (κ3) is 2.75. The molecule has 8 heteroatoms. The average Bonchev–Trinajstić information content (AvgIpc) is 2.74. The Bertz CT molecular complexity index is 584. The molecule has 2 heterocycles. The van der Waals surface area contributed by atoms with E-state index >= 15 is 0 Å². The maximum atomic E-state index is 10.8. The zero-order valence-electron chi connectivity index (χ0n) is 9.35. The fourth-order valence-corrected chi connectivity index (χ4v) is 1.45. The van der Waals surface area contributed by atoms with Crippen molar-refractivity contribution in [2.24, 2.45) is 0 Å². The third-order valence-electron chi connectivity index (χ3n) is 2.04. The topological polar surface area (TPSA) is 101 Å². The molecule has 2 rings (SSSR count). The molecule has 0 atom stereocenters. The van der Waals surface area contributed by atoms with E-state index in [1.54, 1.807) is 13.0 Å². The third-order valence-corrected chi connectivity index (χ3v) is 2.34. The molecule has 0 aliphatic carbocycles. The van der Waals surface area contributed by atoms with Gasteiger partial charge in [-0.05, 0) is 19.1 Å². The molecule has 0 spiro atoms. The van der Waals surface area contributed by atoms with Gasteiger partial charge >= 0.3 is 5.97 Å². The fraction of sp³-hybridized carbons (Fsp3) is 0.200. The van der Waals surface area contributed by atoms with Crippen molar-refractivity contribution in [3.8, 4) is 0 Å². The van der Waals surface area contributed by atoms with Gasteiger partial charge in [-0.1, -0.05) is 16.8 Å². The lowest BCUT2D eigenvalue weighted by Gasteiger charge is -2.04.